The second-order valence-corrected chi connectivity index (χ2v) is 4.52. The van der Waals surface area contributed by atoms with Crippen LogP contribution in [0, 0.1) is 5.92 Å². The molecule has 1 aliphatic rings. The summed E-state index contributed by atoms with van der Waals surface area (Å²) >= 11 is 0. The molecule has 1 unspecified atom stereocenters. The van der Waals surface area contributed by atoms with E-state index in [1.54, 1.807) is 0 Å². The molecule has 0 aromatic rings. The molecule has 0 aromatic carbocycles. The van der Waals surface area contributed by atoms with E-state index < -0.39 is 0 Å². The van der Waals surface area contributed by atoms with Crippen molar-refractivity contribution in [3.8, 4) is 0 Å². The van der Waals surface area contributed by atoms with Gasteiger partial charge in [0.15, 0.2) is 0 Å². The zero-order valence-electron chi connectivity index (χ0n) is 9.91. The van der Waals surface area contributed by atoms with Crippen molar-refractivity contribution in [3.63, 3.8) is 0 Å². The fourth-order valence-corrected chi connectivity index (χ4v) is 2.10. The standard InChI is InChI=1S/C11H24N2O.ClH/c1-10(2)13(6-7-14)9-11-4-3-5-12-8-11;/h10-12,14H,3-9H2,1-2H3;1H. The van der Waals surface area contributed by atoms with Crippen LogP contribution in [-0.4, -0.2) is 48.8 Å². The van der Waals surface area contributed by atoms with Crippen LogP contribution in [0.5, 0.6) is 0 Å². The minimum Gasteiger partial charge on any atom is -0.395 e. The average Bonchev–Trinajstić information content (AvgIpc) is 2.18. The van der Waals surface area contributed by atoms with Gasteiger partial charge in [0, 0.05) is 19.1 Å². The zero-order chi connectivity index (χ0) is 10.4. The molecule has 0 saturated carbocycles. The lowest BCUT2D eigenvalue weighted by Gasteiger charge is -2.32. The molecule has 0 bridgehead atoms. The van der Waals surface area contributed by atoms with E-state index in [9.17, 15) is 0 Å². The van der Waals surface area contributed by atoms with Crippen molar-refractivity contribution >= 4 is 12.4 Å². The van der Waals surface area contributed by atoms with Gasteiger partial charge in [-0.2, -0.15) is 0 Å². The predicted octanol–water partition coefficient (Wildman–Crippen LogP) is 1.11. The normalized spacial score (nSPS) is 21.8. The molecule has 0 aromatic heterocycles. The van der Waals surface area contributed by atoms with E-state index in [2.05, 4.69) is 24.1 Å². The maximum absolute atomic E-state index is 8.96. The van der Waals surface area contributed by atoms with Gasteiger partial charge in [-0.3, -0.25) is 4.90 Å². The summed E-state index contributed by atoms with van der Waals surface area (Å²) in [5.41, 5.74) is 0. The van der Waals surface area contributed by atoms with Gasteiger partial charge in [0.25, 0.3) is 0 Å². The number of nitrogens with zero attached hydrogens (tertiary/aromatic N) is 1. The van der Waals surface area contributed by atoms with Crippen LogP contribution in [0.15, 0.2) is 0 Å². The minimum atomic E-state index is 0. The van der Waals surface area contributed by atoms with E-state index in [1.165, 1.54) is 19.4 Å². The molecule has 0 spiro atoms. The number of piperidine rings is 1. The Labute approximate surface area is 99.6 Å². The van der Waals surface area contributed by atoms with Gasteiger partial charge in [0.1, 0.15) is 0 Å². The summed E-state index contributed by atoms with van der Waals surface area (Å²) in [5, 5.41) is 12.4. The highest BCUT2D eigenvalue weighted by Crippen LogP contribution is 2.13. The first kappa shape index (κ1) is 15.2. The van der Waals surface area contributed by atoms with Crippen molar-refractivity contribution in [2.75, 3.05) is 32.8 Å². The fraction of sp³-hybridized carbons (Fsp3) is 1.00. The quantitative estimate of drug-likeness (QED) is 0.751. The first-order valence-corrected chi connectivity index (χ1v) is 5.79. The van der Waals surface area contributed by atoms with E-state index in [1.807, 2.05) is 0 Å². The van der Waals surface area contributed by atoms with Gasteiger partial charge in [-0.05, 0) is 45.7 Å². The van der Waals surface area contributed by atoms with Crippen molar-refractivity contribution < 1.29 is 5.11 Å². The molecule has 1 heterocycles. The molecular formula is C11H25ClN2O. The maximum atomic E-state index is 8.96. The Kier molecular flexibility index (Phi) is 8.43. The lowest BCUT2D eigenvalue weighted by atomic mass is 9.98. The second kappa shape index (κ2) is 8.34. The summed E-state index contributed by atoms with van der Waals surface area (Å²) in [5.74, 6) is 0.776. The molecule has 0 radical (unpaired) electrons. The van der Waals surface area contributed by atoms with Crippen LogP contribution in [0.1, 0.15) is 26.7 Å². The van der Waals surface area contributed by atoms with Gasteiger partial charge in [0.2, 0.25) is 0 Å². The van der Waals surface area contributed by atoms with Gasteiger partial charge >= 0.3 is 0 Å². The van der Waals surface area contributed by atoms with Crippen molar-refractivity contribution in [1.82, 2.24) is 10.2 Å². The molecule has 92 valence electrons. The Morgan fingerprint density at radius 1 is 1.47 bits per heavy atom. The molecule has 1 aliphatic heterocycles. The van der Waals surface area contributed by atoms with Crippen LogP contribution < -0.4 is 5.32 Å². The van der Waals surface area contributed by atoms with Crippen molar-refractivity contribution in [1.29, 1.82) is 0 Å². The highest BCUT2D eigenvalue weighted by molar-refractivity contribution is 5.85. The van der Waals surface area contributed by atoms with Gasteiger partial charge in [-0.1, -0.05) is 0 Å². The number of halogens is 1. The number of aliphatic hydroxyl groups excluding tert-OH is 1. The van der Waals surface area contributed by atoms with E-state index in [4.69, 9.17) is 5.11 Å². The number of aliphatic hydroxyl groups is 1. The molecule has 1 atom stereocenters. The Morgan fingerprint density at radius 3 is 2.67 bits per heavy atom. The smallest absolute Gasteiger partial charge is 0.0558 e. The summed E-state index contributed by atoms with van der Waals surface area (Å²) in [6.07, 6.45) is 2.64. The summed E-state index contributed by atoms with van der Waals surface area (Å²) in [4.78, 5) is 2.37. The van der Waals surface area contributed by atoms with Crippen LogP contribution >= 0.6 is 12.4 Å². The maximum Gasteiger partial charge on any atom is 0.0558 e. The Balaban J connectivity index is 0.00000196. The minimum absolute atomic E-state index is 0. The number of rotatable bonds is 5. The SMILES string of the molecule is CC(C)N(CCO)CC1CCCNC1.Cl. The van der Waals surface area contributed by atoms with Gasteiger partial charge < -0.3 is 10.4 Å². The third-order valence-electron chi connectivity index (χ3n) is 3.01. The van der Waals surface area contributed by atoms with E-state index in [0.29, 0.717) is 6.04 Å². The first-order valence-electron chi connectivity index (χ1n) is 5.79. The summed E-state index contributed by atoms with van der Waals surface area (Å²) in [7, 11) is 0. The summed E-state index contributed by atoms with van der Waals surface area (Å²) in [6.45, 7) is 8.95. The average molecular weight is 237 g/mol. The van der Waals surface area contributed by atoms with Crippen LogP contribution in [0.3, 0.4) is 0 Å². The topological polar surface area (TPSA) is 35.5 Å². The van der Waals surface area contributed by atoms with Crippen molar-refractivity contribution in [2.24, 2.45) is 5.92 Å². The first-order chi connectivity index (χ1) is 6.74. The molecule has 4 heteroatoms. The molecule has 0 aliphatic carbocycles. The fourth-order valence-electron chi connectivity index (χ4n) is 2.10. The number of hydrogen-bond donors (Lipinski definition) is 2. The molecule has 15 heavy (non-hydrogen) atoms. The number of nitrogens with one attached hydrogen (secondary N) is 1. The number of hydrogen-bond acceptors (Lipinski definition) is 3. The van der Waals surface area contributed by atoms with Crippen molar-refractivity contribution in [3.05, 3.63) is 0 Å². The zero-order valence-corrected chi connectivity index (χ0v) is 10.7. The van der Waals surface area contributed by atoms with Crippen LogP contribution in [-0.2, 0) is 0 Å². The molecule has 1 rings (SSSR count). The third-order valence-corrected chi connectivity index (χ3v) is 3.01. The van der Waals surface area contributed by atoms with Gasteiger partial charge in [-0.25, -0.2) is 0 Å². The Bertz CT molecular complexity index is 150. The van der Waals surface area contributed by atoms with Crippen molar-refractivity contribution in [2.45, 2.75) is 32.7 Å². The monoisotopic (exact) mass is 236 g/mol. The van der Waals surface area contributed by atoms with E-state index in [-0.39, 0.29) is 19.0 Å². The molecule has 0 amide bonds. The summed E-state index contributed by atoms with van der Waals surface area (Å²) in [6, 6.07) is 0.545. The van der Waals surface area contributed by atoms with E-state index in [0.717, 1.165) is 25.6 Å². The molecule has 1 saturated heterocycles. The Morgan fingerprint density at radius 2 is 2.20 bits per heavy atom. The highest BCUT2D eigenvalue weighted by Gasteiger charge is 2.18. The molecular weight excluding hydrogens is 212 g/mol. The van der Waals surface area contributed by atoms with Gasteiger partial charge in [-0.15, -0.1) is 12.4 Å². The second-order valence-electron chi connectivity index (χ2n) is 4.52. The largest absolute Gasteiger partial charge is 0.395 e. The van der Waals surface area contributed by atoms with Crippen LogP contribution in [0.25, 0.3) is 0 Å². The van der Waals surface area contributed by atoms with Gasteiger partial charge in [0.05, 0.1) is 6.61 Å². The summed E-state index contributed by atoms with van der Waals surface area (Å²) < 4.78 is 0. The molecule has 1 fully saturated rings. The third kappa shape index (κ3) is 5.71. The highest BCUT2D eigenvalue weighted by atomic mass is 35.5. The molecule has 3 nitrogen and oxygen atoms in total. The van der Waals surface area contributed by atoms with E-state index >= 15 is 0 Å². The van der Waals surface area contributed by atoms with Crippen LogP contribution in [0.4, 0.5) is 0 Å². The lowest BCUT2D eigenvalue weighted by Crippen LogP contribution is -2.42. The lowest BCUT2D eigenvalue weighted by molar-refractivity contribution is 0.136. The predicted molar refractivity (Wildman–Crippen MR) is 66.6 cm³/mol. The molecule has 2 N–H and O–H groups in total. The van der Waals surface area contributed by atoms with Crippen LogP contribution in [0.2, 0.25) is 0 Å². The Hall–Kier alpha value is 0.170.